The normalized spacial score (nSPS) is 20.3. The van der Waals surface area contributed by atoms with E-state index in [-0.39, 0.29) is 36.3 Å². The zero-order chi connectivity index (χ0) is 25.2. The van der Waals surface area contributed by atoms with Gasteiger partial charge in [-0.3, -0.25) is 14.5 Å². The molecule has 2 aliphatic heterocycles. The van der Waals surface area contributed by atoms with Crippen molar-refractivity contribution in [2.24, 2.45) is 0 Å². The van der Waals surface area contributed by atoms with Crippen LogP contribution in [-0.2, 0) is 17.6 Å². The highest BCUT2D eigenvalue weighted by molar-refractivity contribution is 7.10. The Labute approximate surface area is 216 Å². The van der Waals surface area contributed by atoms with Crippen LogP contribution in [0, 0.1) is 5.82 Å². The van der Waals surface area contributed by atoms with E-state index < -0.39 is 0 Å². The van der Waals surface area contributed by atoms with E-state index in [4.69, 9.17) is 0 Å². The Hall–Kier alpha value is -3.03. The molecule has 0 bridgehead atoms. The number of amides is 2. The van der Waals surface area contributed by atoms with Crippen LogP contribution >= 0.6 is 11.3 Å². The Morgan fingerprint density at radius 2 is 1.86 bits per heavy atom. The lowest BCUT2D eigenvalue weighted by Crippen LogP contribution is -2.57. The summed E-state index contributed by atoms with van der Waals surface area (Å²) in [6.07, 6.45) is 1.83. The molecule has 0 aliphatic carbocycles. The Balaban J connectivity index is 1.27. The average molecular weight is 506 g/mol. The average Bonchev–Trinajstić information content (AvgIpc) is 3.37. The van der Waals surface area contributed by atoms with Gasteiger partial charge in [0, 0.05) is 42.7 Å². The third kappa shape index (κ3) is 4.95. The molecule has 0 N–H and O–H groups in total. The van der Waals surface area contributed by atoms with E-state index in [1.54, 1.807) is 23.5 Å². The van der Waals surface area contributed by atoms with Crippen molar-refractivity contribution in [3.05, 3.63) is 92.9 Å². The van der Waals surface area contributed by atoms with Crippen molar-refractivity contribution in [1.82, 2.24) is 14.7 Å². The van der Waals surface area contributed by atoms with E-state index >= 15 is 0 Å². The molecule has 3 heterocycles. The maximum atomic E-state index is 14.1. The molecule has 3 aromatic rings. The quantitative estimate of drug-likeness (QED) is 0.502. The first-order chi connectivity index (χ1) is 17.4. The number of piperazine rings is 1. The van der Waals surface area contributed by atoms with Crippen molar-refractivity contribution in [2.45, 2.75) is 38.8 Å². The molecule has 5 nitrogen and oxygen atoms in total. The van der Waals surface area contributed by atoms with Gasteiger partial charge in [-0.1, -0.05) is 31.2 Å². The molecule has 1 fully saturated rings. The first-order valence-electron chi connectivity index (χ1n) is 12.7. The van der Waals surface area contributed by atoms with Crippen LogP contribution < -0.4 is 0 Å². The summed E-state index contributed by atoms with van der Waals surface area (Å²) in [5.74, 6) is -0.189. The molecule has 0 saturated carbocycles. The number of rotatable bonds is 5. The molecule has 2 amide bonds. The van der Waals surface area contributed by atoms with E-state index in [0.29, 0.717) is 25.2 Å². The molecule has 2 aromatic carbocycles. The van der Waals surface area contributed by atoms with E-state index in [9.17, 15) is 14.0 Å². The van der Waals surface area contributed by atoms with Crippen LogP contribution in [0.5, 0.6) is 0 Å². The lowest BCUT2D eigenvalue weighted by Gasteiger charge is -2.42. The van der Waals surface area contributed by atoms with Gasteiger partial charge in [0.25, 0.3) is 5.91 Å². The summed E-state index contributed by atoms with van der Waals surface area (Å²) in [4.78, 5) is 33.8. The van der Waals surface area contributed by atoms with E-state index in [1.165, 1.54) is 22.1 Å². The lowest BCUT2D eigenvalue weighted by molar-refractivity contribution is -0.135. The van der Waals surface area contributed by atoms with Crippen molar-refractivity contribution < 1.29 is 14.0 Å². The fourth-order valence-corrected chi connectivity index (χ4v) is 6.32. The maximum absolute atomic E-state index is 14.1. The van der Waals surface area contributed by atoms with Crippen LogP contribution in [-0.4, -0.2) is 65.3 Å². The molecule has 1 saturated heterocycles. The lowest BCUT2D eigenvalue weighted by atomic mass is 9.93. The first kappa shape index (κ1) is 24.7. The van der Waals surface area contributed by atoms with E-state index in [0.717, 1.165) is 24.9 Å². The standard InChI is InChI=1S/C29H32FN3O2S/c1-3-21-7-9-22(10-8-21)29(35)33-15-14-31(18-20(33)2)27(34)19-32-13-11-26-25(12-16-36-26)28(32)23-5-4-6-24(30)17-23/h4-10,12,16-17,20,28H,3,11,13-15,18-19H2,1-2H3/t20-,28+/m1/s1. The van der Waals surface area contributed by atoms with Gasteiger partial charge in [0.05, 0.1) is 12.6 Å². The number of carbonyl (C=O) groups excluding carboxylic acids is 2. The SMILES string of the molecule is CCc1ccc(C(=O)N2CCN(C(=O)CN3CCc4sccc4[C@@H]3c3cccc(F)c3)C[C@H]2C)cc1. The molecule has 188 valence electrons. The van der Waals surface area contributed by atoms with Gasteiger partial charge in [-0.05, 0) is 72.2 Å². The number of fused-ring (bicyclic) bond motifs is 1. The third-order valence-corrected chi connectivity index (χ3v) is 8.42. The number of carbonyl (C=O) groups is 2. The fourth-order valence-electron chi connectivity index (χ4n) is 5.41. The molecule has 0 unspecified atom stereocenters. The second-order valence-electron chi connectivity index (χ2n) is 9.71. The van der Waals surface area contributed by atoms with Crippen LogP contribution in [0.1, 0.15) is 51.8 Å². The summed E-state index contributed by atoms with van der Waals surface area (Å²) in [5.41, 5.74) is 3.94. The molecular weight excluding hydrogens is 473 g/mol. The Bertz CT molecular complexity index is 1240. The zero-order valence-corrected chi connectivity index (χ0v) is 21.6. The number of nitrogens with zero attached hydrogens (tertiary/aromatic N) is 3. The summed E-state index contributed by atoms with van der Waals surface area (Å²) >= 11 is 1.73. The molecule has 0 spiro atoms. The van der Waals surface area contributed by atoms with Crippen molar-refractivity contribution in [1.29, 1.82) is 0 Å². The van der Waals surface area contributed by atoms with Crippen molar-refractivity contribution >= 4 is 23.2 Å². The highest BCUT2D eigenvalue weighted by Crippen LogP contribution is 2.37. The van der Waals surface area contributed by atoms with Gasteiger partial charge in [0.1, 0.15) is 5.82 Å². The number of hydrogen-bond acceptors (Lipinski definition) is 4. The van der Waals surface area contributed by atoms with Gasteiger partial charge >= 0.3 is 0 Å². The molecule has 2 atom stereocenters. The minimum Gasteiger partial charge on any atom is -0.338 e. The number of aryl methyl sites for hydroxylation is 1. The maximum Gasteiger partial charge on any atom is 0.254 e. The van der Waals surface area contributed by atoms with E-state index in [2.05, 4.69) is 23.3 Å². The summed E-state index contributed by atoms with van der Waals surface area (Å²) in [6, 6.07) is 16.4. The first-order valence-corrected chi connectivity index (χ1v) is 13.6. The minimum absolute atomic E-state index is 0.0180. The van der Waals surface area contributed by atoms with Gasteiger partial charge in [-0.15, -0.1) is 11.3 Å². The van der Waals surface area contributed by atoms with E-state index in [1.807, 2.05) is 47.1 Å². The predicted molar refractivity (Wildman–Crippen MR) is 141 cm³/mol. The molecular formula is C29H32FN3O2S. The van der Waals surface area contributed by atoms with Crippen LogP contribution in [0.2, 0.25) is 0 Å². The third-order valence-electron chi connectivity index (χ3n) is 7.42. The summed E-state index contributed by atoms with van der Waals surface area (Å²) < 4.78 is 14.1. The smallest absolute Gasteiger partial charge is 0.254 e. The molecule has 2 aliphatic rings. The second kappa shape index (κ2) is 10.5. The zero-order valence-electron chi connectivity index (χ0n) is 20.8. The van der Waals surface area contributed by atoms with Crippen LogP contribution in [0.25, 0.3) is 0 Å². The second-order valence-corrected chi connectivity index (χ2v) is 10.7. The van der Waals surface area contributed by atoms with Crippen molar-refractivity contribution in [2.75, 3.05) is 32.7 Å². The highest BCUT2D eigenvalue weighted by Gasteiger charge is 2.34. The molecule has 7 heteroatoms. The van der Waals surface area contributed by atoms with Gasteiger partial charge in [0.2, 0.25) is 5.91 Å². The molecule has 5 rings (SSSR count). The van der Waals surface area contributed by atoms with Crippen LogP contribution in [0.4, 0.5) is 4.39 Å². The van der Waals surface area contributed by atoms with Crippen molar-refractivity contribution in [3.63, 3.8) is 0 Å². The minimum atomic E-state index is -0.264. The number of halogens is 1. The van der Waals surface area contributed by atoms with Crippen LogP contribution in [0.3, 0.4) is 0 Å². The Morgan fingerprint density at radius 1 is 1.06 bits per heavy atom. The van der Waals surface area contributed by atoms with Crippen molar-refractivity contribution in [3.8, 4) is 0 Å². The number of thiophene rings is 1. The molecule has 1 aromatic heterocycles. The van der Waals surface area contributed by atoms with Gasteiger partial charge in [-0.25, -0.2) is 4.39 Å². The topological polar surface area (TPSA) is 43.9 Å². The summed E-state index contributed by atoms with van der Waals surface area (Å²) in [6.45, 7) is 6.68. The monoisotopic (exact) mass is 505 g/mol. The summed E-state index contributed by atoms with van der Waals surface area (Å²) in [5, 5.41) is 2.08. The predicted octanol–water partition coefficient (Wildman–Crippen LogP) is 4.77. The van der Waals surface area contributed by atoms with Crippen LogP contribution in [0.15, 0.2) is 60.0 Å². The summed E-state index contributed by atoms with van der Waals surface area (Å²) in [7, 11) is 0. The van der Waals surface area contributed by atoms with Gasteiger partial charge in [0.15, 0.2) is 0 Å². The number of hydrogen-bond donors (Lipinski definition) is 0. The Kier molecular flexibility index (Phi) is 7.21. The van der Waals surface area contributed by atoms with Gasteiger partial charge in [-0.2, -0.15) is 0 Å². The largest absolute Gasteiger partial charge is 0.338 e. The fraction of sp³-hybridized carbons (Fsp3) is 0.379. The number of benzene rings is 2. The highest BCUT2D eigenvalue weighted by atomic mass is 32.1. The Morgan fingerprint density at radius 3 is 2.58 bits per heavy atom. The molecule has 36 heavy (non-hydrogen) atoms. The molecule has 0 radical (unpaired) electrons. The van der Waals surface area contributed by atoms with Gasteiger partial charge < -0.3 is 9.80 Å².